The molecule has 1 fully saturated rings. The number of nitrogens with zero attached hydrogens (tertiary/aromatic N) is 5. The molecular weight excluding hydrogens is 330 g/mol. The average Bonchev–Trinajstić information content (AvgIpc) is 3.29. The average molecular weight is 359 g/mol. The van der Waals surface area contributed by atoms with E-state index in [1.807, 2.05) is 6.07 Å². The van der Waals surface area contributed by atoms with E-state index in [1.54, 1.807) is 26.0 Å². The third kappa shape index (κ3) is 4.34. The van der Waals surface area contributed by atoms with Crippen molar-refractivity contribution in [2.75, 3.05) is 50.6 Å². The van der Waals surface area contributed by atoms with Gasteiger partial charge in [0.1, 0.15) is 18.0 Å². The molecule has 7 heteroatoms. The summed E-state index contributed by atoms with van der Waals surface area (Å²) in [5.74, 6) is 1.90. The Kier molecular flexibility index (Phi) is 6.11. The molecule has 7 nitrogen and oxygen atoms in total. The molecule has 1 aliphatic heterocycles. The summed E-state index contributed by atoms with van der Waals surface area (Å²) in [5.41, 5.74) is 1.14. The third-order valence-corrected chi connectivity index (χ3v) is 4.88. The lowest BCUT2D eigenvalue weighted by atomic mass is 10.2. The molecule has 2 atom stereocenters. The quantitative estimate of drug-likeness (QED) is 0.716. The van der Waals surface area contributed by atoms with E-state index < -0.39 is 0 Å². The van der Waals surface area contributed by atoms with Gasteiger partial charge >= 0.3 is 0 Å². The predicted octanol–water partition coefficient (Wildman–Crippen LogP) is 2.25. The molecule has 3 rings (SSSR count). The minimum absolute atomic E-state index is 0.242. The lowest BCUT2D eigenvalue weighted by Gasteiger charge is -2.29. The minimum atomic E-state index is 0.242. The molecule has 0 radical (unpaired) electrons. The van der Waals surface area contributed by atoms with Crippen molar-refractivity contribution in [3.63, 3.8) is 0 Å². The molecule has 0 saturated carbocycles. The minimum Gasteiger partial charge on any atom is -0.472 e. The van der Waals surface area contributed by atoms with Crippen LogP contribution in [-0.2, 0) is 11.3 Å². The fraction of sp³-hybridized carbons (Fsp3) is 0.579. The smallest absolute Gasteiger partial charge is 0.134 e. The van der Waals surface area contributed by atoms with Gasteiger partial charge in [0, 0.05) is 51.0 Å². The number of methoxy groups -OCH3 is 1. The van der Waals surface area contributed by atoms with Gasteiger partial charge in [-0.2, -0.15) is 0 Å². The van der Waals surface area contributed by atoms with Crippen molar-refractivity contribution in [2.24, 2.45) is 0 Å². The molecule has 3 heterocycles. The standard InChI is InChI=1S/C19H29N5O2/c1-5-23(10-15-6-7-26-13-15)18-9-19(21-14-20-18)24-12-17(25-4)8-16(24)11-22(2)3/h6-7,9,13-14,16-17H,5,8,10-12H2,1-4H3/t16-,17-/m0/s1. The molecule has 1 aliphatic rings. The van der Waals surface area contributed by atoms with Gasteiger partial charge in [0.2, 0.25) is 0 Å². The van der Waals surface area contributed by atoms with Crippen molar-refractivity contribution in [1.29, 1.82) is 0 Å². The number of ether oxygens (including phenoxy) is 1. The predicted molar refractivity (Wildman–Crippen MR) is 103 cm³/mol. The van der Waals surface area contributed by atoms with Crippen molar-refractivity contribution in [1.82, 2.24) is 14.9 Å². The number of anilines is 2. The molecule has 142 valence electrons. The first-order chi connectivity index (χ1) is 12.6. The van der Waals surface area contributed by atoms with Crippen LogP contribution >= 0.6 is 0 Å². The van der Waals surface area contributed by atoms with Gasteiger partial charge in [-0.05, 0) is 33.5 Å². The highest BCUT2D eigenvalue weighted by Crippen LogP contribution is 2.28. The number of hydrogen-bond donors (Lipinski definition) is 0. The summed E-state index contributed by atoms with van der Waals surface area (Å²) in [6, 6.07) is 4.47. The monoisotopic (exact) mass is 359 g/mol. The Morgan fingerprint density at radius 2 is 2.19 bits per heavy atom. The van der Waals surface area contributed by atoms with E-state index in [-0.39, 0.29) is 6.10 Å². The molecule has 1 saturated heterocycles. The first-order valence-electron chi connectivity index (χ1n) is 9.13. The Bertz CT molecular complexity index is 676. The number of aromatic nitrogens is 2. The van der Waals surface area contributed by atoms with Crippen LogP contribution in [-0.4, -0.2) is 67.9 Å². The van der Waals surface area contributed by atoms with Crippen molar-refractivity contribution in [2.45, 2.75) is 32.0 Å². The maximum absolute atomic E-state index is 5.62. The van der Waals surface area contributed by atoms with Gasteiger partial charge < -0.3 is 23.9 Å². The highest BCUT2D eigenvalue weighted by Gasteiger charge is 2.33. The van der Waals surface area contributed by atoms with Crippen LogP contribution in [0, 0.1) is 0 Å². The van der Waals surface area contributed by atoms with Gasteiger partial charge in [-0.25, -0.2) is 9.97 Å². The molecule has 0 unspecified atom stereocenters. The fourth-order valence-corrected chi connectivity index (χ4v) is 3.54. The molecule has 26 heavy (non-hydrogen) atoms. The van der Waals surface area contributed by atoms with E-state index in [1.165, 1.54) is 0 Å². The third-order valence-electron chi connectivity index (χ3n) is 4.88. The summed E-state index contributed by atoms with van der Waals surface area (Å²) in [5, 5.41) is 0. The van der Waals surface area contributed by atoms with Crippen LogP contribution in [0.1, 0.15) is 18.9 Å². The fourth-order valence-electron chi connectivity index (χ4n) is 3.54. The normalized spacial score (nSPS) is 20.1. The maximum Gasteiger partial charge on any atom is 0.134 e. The maximum atomic E-state index is 5.62. The van der Waals surface area contributed by atoms with Gasteiger partial charge in [-0.3, -0.25) is 0 Å². The number of rotatable bonds is 8. The summed E-state index contributed by atoms with van der Waals surface area (Å²) in [6.07, 6.45) is 6.40. The van der Waals surface area contributed by atoms with Gasteiger partial charge in [-0.15, -0.1) is 0 Å². The zero-order chi connectivity index (χ0) is 18.5. The van der Waals surface area contributed by atoms with Crippen molar-refractivity contribution >= 4 is 11.6 Å². The van der Waals surface area contributed by atoms with Gasteiger partial charge in [0.05, 0.1) is 18.6 Å². The van der Waals surface area contributed by atoms with Crippen molar-refractivity contribution in [3.05, 3.63) is 36.5 Å². The Hall–Kier alpha value is -2.12. The summed E-state index contributed by atoms with van der Waals surface area (Å²) >= 11 is 0. The topological polar surface area (TPSA) is 57.9 Å². The van der Waals surface area contributed by atoms with Crippen LogP contribution < -0.4 is 9.80 Å². The molecule has 0 spiro atoms. The Morgan fingerprint density at radius 1 is 1.35 bits per heavy atom. The van der Waals surface area contributed by atoms with Crippen molar-refractivity contribution < 1.29 is 9.15 Å². The lowest BCUT2D eigenvalue weighted by Crippen LogP contribution is -2.38. The second-order valence-electron chi connectivity index (χ2n) is 7.04. The van der Waals surface area contributed by atoms with E-state index in [9.17, 15) is 0 Å². The van der Waals surface area contributed by atoms with Crippen LogP contribution in [0.15, 0.2) is 35.4 Å². The summed E-state index contributed by atoms with van der Waals surface area (Å²) < 4.78 is 10.8. The molecule has 0 aromatic carbocycles. The number of furan rings is 1. The van der Waals surface area contributed by atoms with Gasteiger partial charge in [-0.1, -0.05) is 0 Å². The van der Waals surface area contributed by atoms with E-state index in [4.69, 9.17) is 9.15 Å². The van der Waals surface area contributed by atoms with E-state index in [2.05, 4.69) is 51.8 Å². The van der Waals surface area contributed by atoms with Gasteiger partial charge in [0.15, 0.2) is 0 Å². The largest absolute Gasteiger partial charge is 0.472 e. The molecule has 0 amide bonds. The zero-order valence-corrected chi connectivity index (χ0v) is 16.1. The van der Waals surface area contributed by atoms with E-state index in [0.29, 0.717) is 6.04 Å². The van der Waals surface area contributed by atoms with Gasteiger partial charge in [0.25, 0.3) is 0 Å². The van der Waals surface area contributed by atoms with Crippen LogP contribution in [0.25, 0.3) is 0 Å². The van der Waals surface area contributed by atoms with E-state index >= 15 is 0 Å². The van der Waals surface area contributed by atoms with Crippen molar-refractivity contribution in [3.8, 4) is 0 Å². The first kappa shape index (κ1) is 18.7. The lowest BCUT2D eigenvalue weighted by molar-refractivity contribution is 0.117. The van der Waals surface area contributed by atoms with E-state index in [0.717, 1.165) is 49.8 Å². The Balaban J connectivity index is 1.80. The molecule has 0 bridgehead atoms. The SMILES string of the molecule is CCN(Cc1ccoc1)c1cc(N2C[C@@H](OC)C[C@H]2CN(C)C)ncn1. The molecule has 0 aliphatic carbocycles. The number of likely N-dealkylation sites (N-methyl/N-ethyl adjacent to an activating group) is 1. The summed E-state index contributed by atoms with van der Waals surface area (Å²) in [4.78, 5) is 15.9. The van der Waals surface area contributed by atoms with Crippen LogP contribution in [0.4, 0.5) is 11.6 Å². The Morgan fingerprint density at radius 3 is 2.85 bits per heavy atom. The number of hydrogen-bond acceptors (Lipinski definition) is 7. The summed E-state index contributed by atoms with van der Waals surface area (Å²) in [6.45, 7) is 5.60. The summed E-state index contributed by atoms with van der Waals surface area (Å²) in [7, 11) is 6.00. The zero-order valence-electron chi connectivity index (χ0n) is 16.1. The molecule has 2 aromatic rings. The molecular formula is C19H29N5O2. The first-order valence-corrected chi connectivity index (χ1v) is 9.13. The van der Waals surface area contributed by atoms with Crippen LogP contribution in [0.3, 0.4) is 0 Å². The second kappa shape index (κ2) is 8.51. The highest BCUT2D eigenvalue weighted by molar-refractivity contribution is 5.52. The molecule has 2 aromatic heterocycles. The van der Waals surface area contributed by atoms with Crippen LogP contribution in [0.5, 0.6) is 0 Å². The van der Waals surface area contributed by atoms with Crippen LogP contribution in [0.2, 0.25) is 0 Å². The Labute approximate surface area is 155 Å². The molecule has 0 N–H and O–H groups in total. The highest BCUT2D eigenvalue weighted by atomic mass is 16.5. The second-order valence-corrected chi connectivity index (χ2v) is 7.04.